The Morgan fingerprint density at radius 1 is 1.25 bits per heavy atom. The van der Waals surface area contributed by atoms with Crippen molar-refractivity contribution in [3.63, 3.8) is 0 Å². The highest BCUT2D eigenvalue weighted by Gasteiger charge is 2.15. The van der Waals surface area contributed by atoms with Gasteiger partial charge in [0.15, 0.2) is 0 Å². The fourth-order valence-corrected chi connectivity index (χ4v) is 2.97. The van der Waals surface area contributed by atoms with Gasteiger partial charge >= 0.3 is 0 Å². The van der Waals surface area contributed by atoms with Gasteiger partial charge in [0.25, 0.3) is 0 Å². The van der Waals surface area contributed by atoms with Crippen molar-refractivity contribution in [1.82, 2.24) is 10.3 Å². The van der Waals surface area contributed by atoms with Crippen LogP contribution in [0.25, 0.3) is 0 Å². The minimum atomic E-state index is 0.467. The highest BCUT2D eigenvalue weighted by atomic mass is 32.1. The zero-order chi connectivity index (χ0) is 12.0. The Hall–Kier alpha value is -0.410. The standard InChI is InChI=1S/C13H24N2S/c1-5-8-12(14-9-6-2)13-15-11(7-3)10(4)16-13/h12,14H,5-9H2,1-4H3. The van der Waals surface area contributed by atoms with Gasteiger partial charge in [0, 0.05) is 4.88 Å². The molecular formula is C13H24N2S. The first-order chi connectivity index (χ1) is 7.72. The largest absolute Gasteiger partial charge is 0.308 e. The molecule has 92 valence electrons. The normalized spacial score (nSPS) is 13.0. The first kappa shape index (κ1) is 13.7. The van der Waals surface area contributed by atoms with Crippen molar-refractivity contribution in [2.45, 2.75) is 59.4 Å². The van der Waals surface area contributed by atoms with E-state index in [2.05, 4.69) is 33.0 Å². The summed E-state index contributed by atoms with van der Waals surface area (Å²) >= 11 is 1.86. The van der Waals surface area contributed by atoms with Crippen molar-refractivity contribution >= 4 is 11.3 Å². The first-order valence-corrected chi connectivity index (χ1v) is 7.24. The molecular weight excluding hydrogens is 216 g/mol. The Morgan fingerprint density at radius 2 is 2.00 bits per heavy atom. The molecule has 16 heavy (non-hydrogen) atoms. The minimum Gasteiger partial charge on any atom is -0.308 e. The summed E-state index contributed by atoms with van der Waals surface area (Å²) in [5, 5.41) is 4.88. The summed E-state index contributed by atoms with van der Waals surface area (Å²) < 4.78 is 0. The lowest BCUT2D eigenvalue weighted by atomic mass is 10.1. The predicted octanol–water partition coefficient (Wildman–Crippen LogP) is 3.85. The summed E-state index contributed by atoms with van der Waals surface area (Å²) in [6.07, 6.45) is 4.64. The third-order valence-corrected chi connectivity index (χ3v) is 3.89. The molecule has 0 amide bonds. The fraction of sp³-hybridized carbons (Fsp3) is 0.769. The maximum Gasteiger partial charge on any atom is 0.110 e. The fourth-order valence-electron chi connectivity index (χ4n) is 1.85. The number of aromatic nitrogens is 1. The molecule has 0 aliphatic heterocycles. The SMILES string of the molecule is CCCNC(CCC)c1nc(CC)c(C)s1. The minimum absolute atomic E-state index is 0.467. The van der Waals surface area contributed by atoms with E-state index in [1.807, 2.05) is 11.3 Å². The van der Waals surface area contributed by atoms with Crippen LogP contribution in [0.15, 0.2) is 0 Å². The van der Waals surface area contributed by atoms with Gasteiger partial charge in [-0.05, 0) is 32.7 Å². The molecule has 1 aromatic heterocycles. The molecule has 1 rings (SSSR count). The topological polar surface area (TPSA) is 24.9 Å². The van der Waals surface area contributed by atoms with Gasteiger partial charge in [0.05, 0.1) is 11.7 Å². The molecule has 3 heteroatoms. The number of nitrogens with one attached hydrogen (secondary N) is 1. The van der Waals surface area contributed by atoms with Crippen LogP contribution in [0.4, 0.5) is 0 Å². The van der Waals surface area contributed by atoms with Crippen molar-refractivity contribution in [1.29, 1.82) is 0 Å². The number of hydrogen-bond acceptors (Lipinski definition) is 3. The van der Waals surface area contributed by atoms with Crippen LogP contribution in [-0.2, 0) is 6.42 Å². The molecule has 0 radical (unpaired) electrons. The van der Waals surface area contributed by atoms with Gasteiger partial charge in [-0.2, -0.15) is 0 Å². The second-order valence-electron chi connectivity index (χ2n) is 4.20. The maximum atomic E-state index is 4.76. The Kier molecular flexibility index (Phi) is 5.99. The molecule has 0 aliphatic carbocycles. The smallest absolute Gasteiger partial charge is 0.110 e. The summed E-state index contributed by atoms with van der Waals surface area (Å²) in [6, 6.07) is 0.467. The lowest BCUT2D eigenvalue weighted by Gasteiger charge is -2.14. The second-order valence-corrected chi connectivity index (χ2v) is 5.44. The quantitative estimate of drug-likeness (QED) is 0.783. The van der Waals surface area contributed by atoms with Gasteiger partial charge in [0.1, 0.15) is 5.01 Å². The average Bonchev–Trinajstić information content (AvgIpc) is 2.65. The van der Waals surface area contributed by atoms with E-state index in [-0.39, 0.29) is 0 Å². The van der Waals surface area contributed by atoms with Gasteiger partial charge < -0.3 is 5.32 Å². The van der Waals surface area contributed by atoms with Gasteiger partial charge in [-0.3, -0.25) is 0 Å². The molecule has 0 fully saturated rings. The van der Waals surface area contributed by atoms with E-state index >= 15 is 0 Å². The number of hydrogen-bond donors (Lipinski definition) is 1. The Bertz CT molecular complexity index is 307. The van der Waals surface area contributed by atoms with E-state index in [1.165, 1.54) is 34.8 Å². The van der Waals surface area contributed by atoms with E-state index in [9.17, 15) is 0 Å². The van der Waals surface area contributed by atoms with Gasteiger partial charge in [-0.25, -0.2) is 4.98 Å². The molecule has 0 bridgehead atoms. The summed E-state index contributed by atoms with van der Waals surface area (Å²) in [7, 11) is 0. The number of aryl methyl sites for hydroxylation is 2. The van der Waals surface area contributed by atoms with Crippen LogP contribution in [0, 0.1) is 6.92 Å². The molecule has 0 spiro atoms. The van der Waals surface area contributed by atoms with Crippen molar-refractivity contribution < 1.29 is 0 Å². The Balaban J connectivity index is 2.74. The summed E-state index contributed by atoms with van der Waals surface area (Å²) in [6.45, 7) is 9.90. The number of nitrogens with zero attached hydrogens (tertiary/aromatic N) is 1. The molecule has 1 N–H and O–H groups in total. The van der Waals surface area contributed by atoms with Crippen LogP contribution in [0.1, 0.15) is 61.7 Å². The monoisotopic (exact) mass is 240 g/mol. The van der Waals surface area contributed by atoms with Gasteiger partial charge in [0.2, 0.25) is 0 Å². The Morgan fingerprint density at radius 3 is 2.50 bits per heavy atom. The summed E-state index contributed by atoms with van der Waals surface area (Å²) in [5.74, 6) is 0. The third-order valence-electron chi connectivity index (χ3n) is 2.76. The maximum absolute atomic E-state index is 4.76. The molecule has 0 aliphatic rings. The summed E-state index contributed by atoms with van der Waals surface area (Å²) in [4.78, 5) is 6.14. The van der Waals surface area contributed by atoms with Gasteiger partial charge in [-0.15, -0.1) is 11.3 Å². The molecule has 0 aromatic carbocycles. The number of rotatable bonds is 7. The second kappa shape index (κ2) is 7.02. The van der Waals surface area contributed by atoms with Crippen molar-refractivity contribution in [3.05, 3.63) is 15.6 Å². The lowest BCUT2D eigenvalue weighted by Crippen LogP contribution is -2.21. The average molecular weight is 240 g/mol. The van der Waals surface area contributed by atoms with E-state index in [0.717, 1.165) is 13.0 Å². The van der Waals surface area contributed by atoms with Crippen molar-refractivity contribution in [2.24, 2.45) is 0 Å². The molecule has 1 aromatic rings. The van der Waals surface area contributed by atoms with Crippen LogP contribution in [-0.4, -0.2) is 11.5 Å². The lowest BCUT2D eigenvalue weighted by molar-refractivity contribution is 0.491. The Labute approximate surface area is 103 Å². The van der Waals surface area contributed by atoms with Crippen LogP contribution in [0.3, 0.4) is 0 Å². The zero-order valence-corrected chi connectivity index (χ0v) is 11.8. The van der Waals surface area contributed by atoms with Gasteiger partial charge in [-0.1, -0.05) is 27.2 Å². The van der Waals surface area contributed by atoms with Crippen LogP contribution in [0.2, 0.25) is 0 Å². The predicted molar refractivity (Wildman–Crippen MR) is 72.2 cm³/mol. The summed E-state index contributed by atoms with van der Waals surface area (Å²) in [5.41, 5.74) is 1.28. The van der Waals surface area contributed by atoms with Crippen LogP contribution >= 0.6 is 11.3 Å². The highest BCUT2D eigenvalue weighted by Crippen LogP contribution is 2.26. The molecule has 0 saturated carbocycles. The number of thiazole rings is 1. The van der Waals surface area contributed by atoms with Crippen LogP contribution < -0.4 is 5.32 Å². The van der Waals surface area contributed by atoms with E-state index in [1.54, 1.807) is 0 Å². The molecule has 0 saturated heterocycles. The van der Waals surface area contributed by atoms with E-state index in [0.29, 0.717) is 6.04 Å². The first-order valence-electron chi connectivity index (χ1n) is 6.42. The molecule has 2 nitrogen and oxygen atoms in total. The molecule has 1 heterocycles. The van der Waals surface area contributed by atoms with E-state index in [4.69, 9.17) is 4.98 Å². The van der Waals surface area contributed by atoms with E-state index < -0.39 is 0 Å². The van der Waals surface area contributed by atoms with Crippen molar-refractivity contribution in [2.75, 3.05) is 6.54 Å². The zero-order valence-electron chi connectivity index (χ0n) is 11.0. The highest BCUT2D eigenvalue weighted by molar-refractivity contribution is 7.11. The van der Waals surface area contributed by atoms with Crippen LogP contribution in [0.5, 0.6) is 0 Å². The van der Waals surface area contributed by atoms with Crippen molar-refractivity contribution in [3.8, 4) is 0 Å². The molecule has 1 atom stereocenters. The molecule has 1 unspecified atom stereocenters. The third kappa shape index (κ3) is 3.56.